The number of halogens is 1. The van der Waals surface area contributed by atoms with Crippen LogP contribution in [0.3, 0.4) is 0 Å². The van der Waals surface area contributed by atoms with E-state index in [-0.39, 0.29) is 0 Å². The first-order valence-electron chi connectivity index (χ1n) is 9.04. The first kappa shape index (κ1) is 15.9. The van der Waals surface area contributed by atoms with Gasteiger partial charge in [-0.25, -0.2) is 0 Å². The molecule has 3 heteroatoms. The quantitative estimate of drug-likeness (QED) is 0.271. The fourth-order valence-corrected chi connectivity index (χ4v) is 7.15. The van der Waals surface area contributed by atoms with Crippen LogP contribution in [-0.4, -0.2) is 12.0 Å². The summed E-state index contributed by atoms with van der Waals surface area (Å²) < 4.78 is 2.42. The van der Waals surface area contributed by atoms with E-state index in [1.54, 1.807) is 0 Å². The van der Waals surface area contributed by atoms with Crippen LogP contribution in [0, 0.1) is 0 Å². The van der Waals surface area contributed by atoms with E-state index in [0.29, 0.717) is 5.54 Å². The summed E-state index contributed by atoms with van der Waals surface area (Å²) in [5.74, 6) is 0. The molecule has 0 saturated carbocycles. The smallest absolute Gasteiger partial charge is 0.162 e. The fraction of sp³-hybridized carbons (Fsp3) is 0.130. The summed E-state index contributed by atoms with van der Waals surface area (Å²) in [6.07, 6.45) is 0. The van der Waals surface area contributed by atoms with Crippen molar-refractivity contribution in [2.24, 2.45) is 0 Å². The summed E-state index contributed by atoms with van der Waals surface area (Å²) in [4.78, 5) is 0. The van der Waals surface area contributed by atoms with Crippen LogP contribution in [0.25, 0.3) is 27.8 Å². The summed E-state index contributed by atoms with van der Waals surface area (Å²) >= 11 is 7.08. The molecule has 0 N–H and O–H groups in total. The van der Waals surface area contributed by atoms with E-state index in [1.807, 2.05) is 0 Å². The van der Waals surface area contributed by atoms with Gasteiger partial charge < -0.3 is 4.57 Å². The van der Waals surface area contributed by atoms with Crippen molar-refractivity contribution < 1.29 is 0 Å². The normalized spacial score (nSPS) is 15.9. The predicted molar refractivity (Wildman–Crippen MR) is 114 cm³/mol. The van der Waals surface area contributed by atoms with E-state index in [9.17, 15) is 0 Å². The second-order valence-corrected chi connectivity index (χ2v) is 14.2. The van der Waals surface area contributed by atoms with Crippen LogP contribution >= 0.6 is 11.1 Å². The molecule has 0 bridgehead atoms. The fourth-order valence-electron chi connectivity index (χ4n) is 4.50. The Labute approximate surface area is 159 Å². The van der Waals surface area contributed by atoms with Gasteiger partial charge in [-0.15, -0.1) is 0 Å². The molecule has 0 aliphatic heterocycles. The van der Waals surface area contributed by atoms with E-state index in [0.717, 1.165) is 0 Å². The Kier molecular flexibility index (Phi) is 3.43. The van der Waals surface area contributed by atoms with Crippen LogP contribution in [-0.2, 0) is 0 Å². The molecule has 1 aliphatic rings. The number of benzene rings is 3. The molecule has 0 radical (unpaired) electrons. The van der Waals surface area contributed by atoms with Crippen molar-refractivity contribution in [3.8, 4) is 16.9 Å². The molecule has 0 saturated heterocycles. The lowest BCUT2D eigenvalue weighted by molar-refractivity contribution is 1.13. The second-order valence-electron chi connectivity index (χ2n) is 7.54. The maximum absolute atomic E-state index is 7.08. The molecule has 3 aromatic carbocycles. The van der Waals surface area contributed by atoms with E-state index in [2.05, 4.69) is 96.5 Å². The minimum Gasteiger partial charge on any atom is -0.309 e. The molecule has 1 aliphatic carbocycles. The summed E-state index contributed by atoms with van der Waals surface area (Å²) in [6, 6.07) is 28.2. The minimum atomic E-state index is -1.97. The predicted octanol–water partition coefficient (Wildman–Crippen LogP) is 6.73. The summed E-state index contributed by atoms with van der Waals surface area (Å²) in [5, 5.41) is 1.33. The lowest BCUT2D eigenvalue weighted by Crippen LogP contribution is -2.27. The number of fused-ring (bicyclic) bond motifs is 5. The van der Waals surface area contributed by atoms with Crippen molar-refractivity contribution in [1.29, 1.82) is 0 Å². The lowest BCUT2D eigenvalue weighted by Gasteiger charge is -2.24. The van der Waals surface area contributed by atoms with E-state index in [4.69, 9.17) is 11.1 Å². The van der Waals surface area contributed by atoms with Crippen molar-refractivity contribution in [3.05, 3.63) is 90.0 Å². The zero-order valence-corrected chi connectivity index (χ0v) is 16.7. The van der Waals surface area contributed by atoms with Gasteiger partial charge in [-0.05, 0) is 29.3 Å². The zero-order chi connectivity index (χ0) is 17.9. The highest BCUT2D eigenvalue weighted by atomic mass is 35.6. The van der Waals surface area contributed by atoms with Gasteiger partial charge >= 0.3 is 0 Å². The molecule has 5 rings (SSSR count). The van der Waals surface area contributed by atoms with Gasteiger partial charge in [0.2, 0.25) is 0 Å². The van der Waals surface area contributed by atoms with Gasteiger partial charge in [0, 0.05) is 22.2 Å². The molecule has 1 unspecified atom stereocenters. The Morgan fingerprint density at radius 1 is 0.808 bits per heavy atom. The van der Waals surface area contributed by atoms with Crippen molar-refractivity contribution in [3.63, 3.8) is 0 Å². The molecule has 1 nitrogen and oxygen atoms in total. The van der Waals surface area contributed by atoms with Crippen molar-refractivity contribution >= 4 is 29.4 Å². The van der Waals surface area contributed by atoms with Crippen LogP contribution in [0.15, 0.2) is 78.9 Å². The van der Waals surface area contributed by atoms with Crippen LogP contribution in [0.1, 0.15) is 16.7 Å². The van der Waals surface area contributed by atoms with Crippen molar-refractivity contribution in [2.45, 2.75) is 18.6 Å². The van der Waals surface area contributed by atoms with Crippen molar-refractivity contribution in [1.82, 2.24) is 4.57 Å². The van der Waals surface area contributed by atoms with Crippen LogP contribution in [0.2, 0.25) is 13.1 Å². The average molecular weight is 374 g/mol. The molecule has 128 valence electrons. The van der Waals surface area contributed by atoms with Gasteiger partial charge in [0.15, 0.2) is 7.38 Å². The Morgan fingerprint density at radius 2 is 1.46 bits per heavy atom. The number of nitrogens with zero attached hydrogens (tertiary/aromatic N) is 1. The first-order chi connectivity index (χ1) is 12.6. The maximum Gasteiger partial charge on any atom is 0.162 e. The van der Waals surface area contributed by atoms with Gasteiger partial charge in [-0.1, -0.05) is 73.8 Å². The van der Waals surface area contributed by atoms with Crippen molar-refractivity contribution in [2.75, 3.05) is 0 Å². The lowest BCUT2D eigenvalue weighted by atomic mass is 10.1. The maximum atomic E-state index is 7.08. The van der Waals surface area contributed by atoms with Gasteiger partial charge in [0.1, 0.15) is 0 Å². The zero-order valence-electron chi connectivity index (χ0n) is 14.9. The highest BCUT2D eigenvalue weighted by Gasteiger charge is 2.43. The summed E-state index contributed by atoms with van der Waals surface area (Å²) in [7, 11) is -1.97. The molecule has 1 aromatic heterocycles. The SMILES string of the molecule is C[Si](C)(Cl)C1c2ccccc2-c2c1c1ccccc1n2-c1ccccc1. The number of hydrogen-bond donors (Lipinski definition) is 0. The molecule has 26 heavy (non-hydrogen) atoms. The number of aromatic nitrogens is 1. The summed E-state index contributed by atoms with van der Waals surface area (Å²) in [6.45, 7) is 4.53. The second kappa shape index (κ2) is 5.60. The Balaban J connectivity index is 1.97. The molecular weight excluding hydrogens is 354 g/mol. The van der Waals surface area contributed by atoms with Gasteiger partial charge in [-0.2, -0.15) is 11.1 Å². The molecule has 1 heterocycles. The standard InChI is InChI=1S/C23H20ClNSi/c1-26(2,24)23-18-13-7-6-12-17(18)22-21(23)19-14-8-9-15-20(19)25(22)16-10-4-3-5-11-16/h3-15,23H,1-2H3. The Morgan fingerprint density at radius 3 is 2.23 bits per heavy atom. The largest absolute Gasteiger partial charge is 0.309 e. The third-order valence-corrected chi connectivity index (χ3v) is 8.06. The highest BCUT2D eigenvalue weighted by molar-refractivity contribution is 7.20. The highest BCUT2D eigenvalue weighted by Crippen LogP contribution is 2.54. The van der Waals surface area contributed by atoms with Gasteiger partial charge in [-0.3, -0.25) is 0 Å². The van der Waals surface area contributed by atoms with E-state index >= 15 is 0 Å². The van der Waals surface area contributed by atoms with Gasteiger partial charge in [0.05, 0.1) is 11.2 Å². The molecular formula is C23H20ClNSi. The van der Waals surface area contributed by atoms with E-state index < -0.39 is 7.38 Å². The third kappa shape index (κ3) is 2.16. The molecule has 0 fully saturated rings. The molecule has 4 aromatic rings. The average Bonchev–Trinajstić information content (AvgIpc) is 3.15. The van der Waals surface area contributed by atoms with Crippen LogP contribution in [0.4, 0.5) is 0 Å². The topological polar surface area (TPSA) is 4.93 Å². The molecule has 1 atom stereocenters. The summed E-state index contributed by atoms with van der Waals surface area (Å²) in [5.41, 5.74) is 8.22. The first-order valence-corrected chi connectivity index (χ1v) is 13.1. The monoisotopic (exact) mass is 373 g/mol. The number of para-hydroxylation sites is 2. The van der Waals surface area contributed by atoms with Crippen LogP contribution in [0.5, 0.6) is 0 Å². The number of hydrogen-bond acceptors (Lipinski definition) is 0. The molecule has 0 spiro atoms. The minimum absolute atomic E-state index is 0.310. The number of rotatable bonds is 2. The van der Waals surface area contributed by atoms with E-state index in [1.165, 1.54) is 39.0 Å². The third-order valence-electron chi connectivity index (χ3n) is 5.43. The molecule has 0 amide bonds. The Bertz CT molecular complexity index is 1120. The van der Waals surface area contributed by atoms with Crippen LogP contribution < -0.4 is 0 Å². The van der Waals surface area contributed by atoms with Gasteiger partial charge in [0.25, 0.3) is 0 Å². The Hall–Kier alpha value is -2.29.